The molecule has 1 atom stereocenters. The van der Waals surface area contributed by atoms with Crippen molar-refractivity contribution in [3.63, 3.8) is 0 Å². The highest BCUT2D eigenvalue weighted by atomic mass is 16.4. The van der Waals surface area contributed by atoms with Crippen molar-refractivity contribution in [2.45, 2.75) is 70.3 Å². The first-order valence-electron chi connectivity index (χ1n) is 7.71. The number of nitrogens with zero attached hydrogens (tertiary/aromatic N) is 1. The van der Waals surface area contributed by atoms with Crippen LogP contribution in [0.1, 0.15) is 64.2 Å². The van der Waals surface area contributed by atoms with E-state index in [1.54, 1.807) is 4.90 Å². The third-order valence-corrected chi connectivity index (χ3v) is 4.59. The van der Waals surface area contributed by atoms with E-state index in [1.807, 2.05) is 0 Å². The van der Waals surface area contributed by atoms with Gasteiger partial charge >= 0.3 is 5.97 Å². The van der Waals surface area contributed by atoms with E-state index in [0.717, 1.165) is 25.2 Å². The van der Waals surface area contributed by atoms with Gasteiger partial charge in [-0.05, 0) is 31.6 Å². The second kappa shape index (κ2) is 6.92. The second-order valence-electron chi connectivity index (χ2n) is 5.98. The Balaban J connectivity index is 1.70. The molecule has 0 aromatic rings. The Morgan fingerprint density at radius 2 is 1.79 bits per heavy atom. The van der Waals surface area contributed by atoms with Gasteiger partial charge in [0, 0.05) is 13.0 Å². The van der Waals surface area contributed by atoms with E-state index in [1.165, 1.54) is 32.1 Å². The van der Waals surface area contributed by atoms with Crippen LogP contribution in [-0.2, 0) is 9.59 Å². The van der Waals surface area contributed by atoms with E-state index in [4.69, 9.17) is 5.11 Å². The lowest BCUT2D eigenvalue weighted by atomic mass is 9.86. The van der Waals surface area contributed by atoms with Crippen molar-refractivity contribution in [3.05, 3.63) is 0 Å². The van der Waals surface area contributed by atoms with Crippen molar-refractivity contribution < 1.29 is 14.7 Å². The zero-order valence-corrected chi connectivity index (χ0v) is 11.6. The normalized spacial score (nSPS) is 24.6. The van der Waals surface area contributed by atoms with E-state index in [0.29, 0.717) is 19.4 Å². The molecule has 4 heteroatoms. The predicted molar refractivity (Wildman–Crippen MR) is 72.8 cm³/mol. The van der Waals surface area contributed by atoms with Crippen LogP contribution < -0.4 is 0 Å². The SMILES string of the molecule is O=C(O)[C@H]1CCCN1C(=O)CCCC1CCCCC1. The molecule has 1 amide bonds. The first kappa shape index (κ1) is 14.4. The molecule has 1 saturated heterocycles. The fourth-order valence-electron chi connectivity index (χ4n) is 3.48. The number of aliphatic carboxylic acids is 1. The van der Waals surface area contributed by atoms with Crippen molar-refractivity contribution in [1.82, 2.24) is 4.90 Å². The van der Waals surface area contributed by atoms with Crippen LogP contribution >= 0.6 is 0 Å². The van der Waals surface area contributed by atoms with Crippen LogP contribution in [0.4, 0.5) is 0 Å². The molecule has 108 valence electrons. The molecule has 1 saturated carbocycles. The Labute approximate surface area is 115 Å². The minimum Gasteiger partial charge on any atom is -0.480 e. The first-order chi connectivity index (χ1) is 9.18. The quantitative estimate of drug-likeness (QED) is 0.833. The number of carbonyl (C=O) groups is 2. The van der Waals surface area contributed by atoms with Gasteiger partial charge in [-0.25, -0.2) is 4.79 Å². The van der Waals surface area contributed by atoms with Crippen molar-refractivity contribution >= 4 is 11.9 Å². The highest BCUT2D eigenvalue weighted by Gasteiger charge is 2.33. The summed E-state index contributed by atoms with van der Waals surface area (Å²) in [5, 5.41) is 9.07. The number of hydrogen-bond acceptors (Lipinski definition) is 2. The van der Waals surface area contributed by atoms with Gasteiger partial charge < -0.3 is 10.0 Å². The summed E-state index contributed by atoms with van der Waals surface area (Å²) in [6.45, 7) is 0.624. The summed E-state index contributed by atoms with van der Waals surface area (Å²) < 4.78 is 0. The molecule has 1 aliphatic heterocycles. The third-order valence-electron chi connectivity index (χ3n) is 4.59. The van der Waals surface area contributed by atoms with Crippen LogP contribution in [0.3, 0.4) is 0 Å². The van der Waals surface area contributed by atoms with Crippen LogP contribution in [0.15, 0.2) is 0 Å². The number of hydrogen-bond donors (Lipinski definition) is 1. The Bertz CT molecular complexity index is 323. The molecule has 0 radical (unpaired) electrons. The molecule has 2 fully saturated rings. The van der Waals surface area contributed by atoms with Crippen LogP contribution in [0, 0.1) is 5.92 Å². The van der Waals surface area contributed by atoms with E-state index in [2.05, 4.69) is 0 Å². The van der Waals surface area contributed by atoms with Crippen molar-refractivity contribution in [3.8, 4) is 0 Å². The molecule has 1 aliphatic carbocycles. The van der Waals surface area contributed by atoms with Crippen LogP contribution in [0.25, 0.3) is 0 Å². The molecule has 2 rings (SSSR count). The van der Waals surface area contributed by atoms with Crippen LogP contribution in [-0.4, -0.2) is 34.5 Å². The summed E-state index contributed by atoms with van der Waals surface area (Å²) in [5.74, 6) is -0.00533. The van der Waals surface area contributed by atoms with Gasteiger partial charge in [-0.15, -0.1) is 0 Å². The summed E-state index contributed by atoms with van der Waals surface area (Å²) in [7, 11) is 0. The van der Waals surface area contributed by atoms with Gasteiger partial charge in [0.1, 0.15) is 6.04 Å². The lowest BCUT2D eigenvalue weighted by Crippen LogP contribution is -2.40. The molecule has 0 aromatic carbocycles. The standard InChI is InChI=1S/C15H25NO3/c17-14(16-11-5-9-13(16)15(18)19)10-4-8-12-6-2-1-3-7-12/h12-13H,1-11H2,(H,18,19)/t13-/m1/s1. The molecule has 0 spiro atoms. The number of amides is 1. The van der Waals surface area contributed by atoms with Gasteiger partial charge in [-0.2, -0.15) is 0 Å². The lowest BCUT2D eigenvalue weighted by Gasteiger charge is -2.23. The summed E-state index contributed by atoms with van der Waals surface area (Å²) in [6, 6.07) is -0.567. The van der Waals surface area contributed by atoms with E-state index in [-0.39, 0.29) is 5.91 Å². The number of carboxylic acid groups (broad SMARTS) is 1. The summed E-state index contributed by atoms with van der Waals surface area (Å²) in [4.78, 5) is 24.7. The molecular formula is C15H25NO3. The maximum absolute atomic E-state index is 12.1. The maximum atomic E-state index is 12.1. The predicted octanol–water partition coefficient (Wildman–Crippen LogP) is 2.81. The maximum Gasteiger partial charge on any atom is 0.326 e. The molecular weight excluding hydrogens is 242 g/mol. The smallest absolute Gasteiger partial charge is 0.326 e. The van der Waals surface area contributed by atoms with Gasteiger partial charge in [-0.1, -0.05) is 32.1 Å². The number of rotatable bonds is 5. The third kappa shape index (κ3) is 3.95. The average molecular weight is 267 g/mol. The minimum absolute atomic E-state index is 0.0423. The molecule has 1 heterocycles. The zero-order chi connectivity index (χ0) is 13.7. The van der Waals surface area contributed by atoms with Gasteiger partial charge in [0.05, 0.1) is 0 Å². The Kier molecular flexibility index (Phi) is 5.23. The molecule has 0 bridgehead atoms. The molecule has 19 heavy (non-hydrogen) atoms. The summed E-state index contributed by atoms with van der Waals surface area (Å²) in [5.41, 5.74) is 0. The monoisotopic (exact) mass is 267 g/mol. The number of likely N-dealkylation sites (tertiary alicyclic amines) is 1. The number of carboxylic acids is 1. The van der Waals surface area contributed by atoms with E-state index in [9.17, 15) is 9.59 Å². The fourth-order valence-corrected chi connectivity index (χ4v) is 3.48. The summed E-state index contributed by atoms with van der Waals surface area (Å²) in [6.07, 6.45) is 10.7. The molecule has 4 nitrogen and oxygen atoms in total. The second-order valence-corrected chi connectivity index (χ2v) is 5.98. The van der Waals surface area contributed by atoms with Gasteiger partial charge in [0.15, 0.2) is 0 Å². The molecule has 2 aliphatic rings. The molecule has 0 unspecified atom stereocenters. The zero-order valence-electron chi connectivity index (χ0n) is 11.6. The average Bonchev–Trinajstić information content (AvgIpc) is 2.89. The van der Waals surface area contributed by atoms with Crippen molar-refractivity contribution in [2.75, 3.05) is 6.54 Å². The van der Waals surface area contributed by atoms with Crippen molar-refractivity contribution in [1.29, 1.82) is 0 Å². The Morgan fingerprint density at radius 3 is 2.47 bits per heavy atom. The highest BCUT2D eigenvalue weighted by Crippen LogP contribution is 2.28. The van der Waals surface area contributed by atoms with Crippen molar-refractivity contribution in [2.24, 2.45) is 5.92 Å². The lowest BCUT2D eigenvalue weighted by molar-refractivity contribution is -0.148. The topological polar surface area (TPSA) is 57.6 Å². The summed E-state index contributed by atoms with van der Waals surface area (Å²) >= 11 is 0. The molecule has 0 aromatic heterocycles. The largest absolute Gasteiger partial charge is 0.480 e. The van der Waals surface area contributed by atoms with E-state index < -0.39 is 12.0 Å². The van der Waals surface area contributed by atoms with Gasteiger partial charge in [-0.3, -0.25) is 4.79 Å². The fraction of sp³-hybridized carbons (Fsp3) is 0.867. The van der Waals surface area contributed by atoms with Gasteiger partial charge in [0.25, 0.3) is 0 Å². The molecule has 1 N–H and O–H groups in total. The first-order valence-corrected chi connectivity index (χ1v) is 7.71. The Hall–Kier alpha value is -1.06. The van der Waals surface area contributed by atoms with Crippen LogP contribution in [0.2, 0.25) is 0 Å². The number of carbonyl (C=O) groups excluding carboxylic acids is 1. The minimum atomic E-state index is -0.849. The van der Waals surface area contributed by atoms with Crippen LogP contribution in [0.5, 0.6) is 0 Å². The van der Waals surface area contributed by atoms with Gasteiger partial charge in [0.2, 0.25) is 5.91 Å². The Morgan fingerprint density at radius 1 is 1.05 bits per heavy atom. The van der Waals surface area contributed by atoms with E-state index >= 15 is 0 Å². The highest BCUT2D eigenvalue weighted by molar-refractivity contribution is 5.84.